The molecule has 0 atom stereocenters. The van der Waals surface area contributed by atoms with E-state index in [-0.39, 0.29) is 17.9 Å². The fraction of sp³-hybridized carbons (Fsp3) is 0.400. The first-order chi connectivity index (χ1) is 14.0. The van der Waals surface area contributed by atoms with E-state index in [1.807, 2.05) is 36.1 Å². The predicted octanol–water partition coefficient (Wildman–Crippen LogP) is 3.63. The van der Waals surface area contributed by atoms with Crippen LogP contribution in [0.25, 0.3) is 11.0 Å². The third-order valence-electron chi connectivity index (χ3n) is 4.93. The Kier molecular flexibility index (Phi) is 5.86. The summed E-state index contributed by atoms with van der Waals surface area (Å²) < 4.78 is 6.87. The molecule has 2 aromatic heterocycles. The molecule has 4 rings (SSSR count). The van der Waals surface area contributed by atoms with Crippen LogP contribution in [0, 0.1) is 6.92 Å². The lowest BCUT2D eigenvalue weighted by molar-refractivity contribution is -0.119. The summed E-state index contributed by atoms with van der Waals surface area (Å²) >= 11 is 3.11. The Morgan fingerprint density at radius 2 is 2.03 bits per heavy atom. The van der Waals surface area contributed by atoms with Crippen LogP contribution in [0.5, 0.6) is 0 Å². The second kappa shape index (κ2) is 8.54. The maximum Gasteiger partial charge on any atom is 0.289 e. The van der Waals surface area contributed by atoms with Crippen LogP contribution in [-0.2, 0) is 10.5 Å². The Morgan fingerprint density at radius 3 is 2.72 bits per heavy atom. The maximum atomic E-state index is 13.2. The third kappa shape index (κ3) is 4.45. The van der Waals surface area contributed by atoms with Crippen LogP contribution in [0.4, 0.5) is 0 Å². The summed E-state index contributed by atoms with van der Waals surface area (Å²) in [5.41, 5.74) is 1.61. The monoisotopic (exact) mass is 430 g/mol. The summed E-state index contributed by atoms with van der Waals surface area (Å²) in [6.07, 6.45) is 1.50. The number of carbonyl (C=O) groups is 2. The van der Waals surface area contributed by atoms with Gasteiger partial charge in [-0.05, 0) is 25.8 Å². The molecule has 0 aliphatic carbocycles. The minimum Gasteiger partial charge on any atom is -0.451 e. The van der Waals surface area contributed by atoms with Gasteiger partial charge in [-0.2, -0.15) is 0 Å². The van der Waals surface area contributed by atoms with Crippen molar-refractivity contribution in [3.8, 4) is 0 Å². The van der Waals surface area contributed by atoms with Gasteiger partial charge in [0.25, 0.3) is 5.91 Å². The summed E-state index contributed by atoms with van der Waals surface area (Å²) in [5.74, 6) is 0.873. The van der Waals surface area contributed by atoms with Crippen molar-refractivity contribution in [3.05, 3.63) is 40.6 Å². The van der Waals surface area contributed by atoms with E-state index in [0.29, 0.717) is 30.2 Å². The number of rotatable bonds is 5. The molecule has 9 heteroatoms. The Bertz CT molecular complexity index is 1040. The number of thioether (sulfide) groups is 1. The van der Waals surface area contributed by atoms with Crippen LogP contribution < -0.4 is 5.32 Å². The molecule has 0 radical (unpaired) electrons. The van der Waals surface area contributed by atoms with Crippen molar-refractivity contribution in [2.45, 2.75) is 42.8 Å². The highest BCUT2D eigenvalue weighted by atomic mass is 32.2. The molecular weight excluding hydrogens is 408 g/mol. The van der Waals surface area contributed by atoms with E-state index in [1.165, 1.54) is 6.92 Å². The molecule has 1 fully saturated rings. The summed E-state index contributed by atoms with van der Waals surface area (Å²) in [6.45, 7) is 4.65. The fourth-order valence-corrected chi connectivity index (χ4v) is 5.39. The molecule has 7 nitrogen and oxygen atoms in total. The highest BCUT2D eigenvalue weighted by Crippen LogP contribution is 2.34. The topological polar surface area (TPSA) is 88.3 Å². The van der Waals surface area contributed by atoms with Gasteiger partial charge in [0.15, 0.2) is 10.1 Å². The Labute approximate surface area is 176 Å². The number of aromatic nitrogens is 2. The van der Waals surface area contributed by atoms with E-state index in [9.17, 15) is 9.59 Å². The zero-order valence-corrected chi connectivity index (χ0v) is 17.9. The van der Waals surface area contributed by atoms with E-state index in [2.05, 4.69) is 15.5 Å². The third-order valence-corrected chi connectivity index (χ3v) is 6.93. The molecule has 29 heavy (non-hydrogen) atoms. The minimum absolute atomic E-state index is 0.0294. The van der Waals surface area contributed by atoms with Crippen LogP contribution in [0.15, 0.2) is 33.0 Å². The van der Waals surface area contributed by atoms with Gasteiger partial charge in [-0.1, -0.05) is 41.3 Å². The first-order valence-electron chi connectivity index (χ1n) is 9.51. The van der Waals surface area contributed by atoms with E-state index in [1.54, 1.807) is 23.1 Å². The highest BCUT2D eigenvalue weighted by molar-refractivity contribution is 8.00. The van der Waals surface area contributed by atoms with Crippen molar-refractivity contribution < 1.29 is 14.0 Å². The summed E-state index contributed by atoms with van der Waals surface area (Å²) in [6, 6.07) is 7.86. The summed E-state index contributed by atoms with van der Waals surface area (Å²) in [5, 5.41) is 13.0. The molecule has 3 heterocycles. The molecule has 1 N–H and O–H groups in total. The highest BCUT2D eigenvalue weighted by Gasteiger charge is 2.29. The molecule has 3 aromatic rings. The average molecular weight is 431 g/mol. The van der Waals surface area contributed by atoms with E-state index < -0.39 is 0 Å². The molecule has 1 aliphatic heterocycles. The molecule has 0 saturated carbocycles. The molecule has 1 saturated heterocycles. The lowest BCUT2D eigenvalue weighted by atomic mass is 10.0. The second-order valence-corrected chi connectivity index (χ2v) is 9.45. The molecule has 1 aliphatic rings. The molecular formula is C20H22N4O3S2. The Morgan fingerprint density at radius 1 is 1.28 bits per heavy atom. The van der Waals surface area contributed by atoms with Gasteiger partial charge in [0.1, 0.15) is 10.6 Å². The normalized spacial score (nSPS) is 15.0. The van der Waals surface area contributed by atoms with Crippen LogP contribution in [0.1, 0.15) is 40.9 Å². The van der Waals surface area contributed by atoms with Crippen LogP contribution >= 0.6 is 23.1 Å². The van der Waals surface area contributed by atoms with Crippen LogP contribution in [-0.4, -0.2) is 46.0 Å². The van der Waals surface area contributed by atoms with Crippen LogP contribution in [0.3, 0.4) is 0 Å². The van der Waals surface area contributed by atoms with Crippen molar-refractivity contribution >= 4 is 45.9 Å². The van der Waals surface area contributed by atoms with Crippen molar-refractivity contribution in [1.29, 1.82) is 0 Å². The van der Waals surface area contributed by atoms with Crippen molar-refractivity contribution in [2.24, 2.45) is 0 Å². The van der Waals surface area contributed by atoms with E-state index in [0.717, 1.165) is 33.1 Å². The molecule has 152 valence electrons. The molecule has 2 amide bonds. The minimum atomic E-state index is -0.0912. The number of fused-ring (bicyclic) bond motifs is 1. The predicted molar refractivity (Wildman–Crippen MR) is 113 cm³/mol. The number of hydrogen-bond acceptors (Lipinski definition) is 7. The number of aryl methyl sites for hydroxylation is 1. The number of benzene rings is 1. The number of hydrogen-bond donors (Lipinski definition) is 1. The number of amides is 2. The smallest absolute Gasteiger partial charge is 0.289 e. The quantitative estimate of drug-likeness (QED) is 0.622. The van der Waals surface area contributed by atoms with Crippen molar-refractivity contribution in [1.82, 2.24) is 20.4 Å². The molecule has 0 spiro atoms. The van der Waals surface area contributed by atoms with E-state index in [4.69, 9.17) is 4.42 Å². The molecule has 0 bridgehead atoms. The van der Waals surface area contributed by atoms with E-state index >= 15 is 0 Å². The van der Waals surface area contributed by atoms with Gasteiger partial charge in [-0.25, -0.2) is 0 Å². The van der Waals surface area contributed by atoms with Gasteiger partial charge < -0.3 is 14.6 Å². The standard InChI is InChI=1S/C20H22N4O3S2/c1-12(25)21-14-7-9-24(10-8-14)19(26)18-16(11-28-20-23-22-13(2)29-20)15-5-3-4-6-17(15)27-18/h3-6,14H,7-11H2,1-2H3,(H,21,25). The van der Waals surface area contributed by atoms with Crippen molar-refractivity contribution in [3.63, 3.8) is 0 Å². The zero-order chi connectivity index (χ0) is 20.4. The number of nitrogens with one attached hydrogen (secondary N) is 1. The number of carbonyl (C=O) groups excluding carboxylic acids is 2. The number of nitrogens with zero attached hydrogens (tertiary/aromatic N) is 3. The van der Waals surface area contributed by atoms with Gasteiger partial charge in [-0.15, -0.1) is 10.2 Å². The van der Waals surface area contributed by atoms with Gasteiger partial charge in [-0.3, -0.25) is 9.59 Å². The summed E-state index contributed by atoms with van der Waals surface area (Å²) in [7, 11) is 0. The van der Waals surface area contributed by atoms with Gasteiger partial charge in [0.2, 0.25) is 5.91 Å². The number of para-hydroxylation sites is 1. The van der Waals surface area contributed by atoms with Crippen LogP contribution in [0.2, 0.25) is 0 Å². The largest absolute Gasteiger partial charge is 0.451 e. The van der Waals surface area contributed by atoms with Gasteiger partial charge in [0, 0.05) is 42.8 Å². The SMILES string of the molecule is CC(=O)NC1CCN(C(=O)c2oc3ccccc3c2CSc2nnc(C)s2)CC1. The number of piperidine rings is 1. The maximum absolute atomic E-state index is 13.2. The fourth-order valence-electron chi connectivity index (χ4n) is 3.54. The zero-order valence-electron chi connectivity index (χ0n) is 16.3. The van der Waals surface area contributed by atoms with Gasteiger partial charge >= 0.3 is 0 Å². The molecule has 0 unspecified atom stereocenters. The Hall–Kier alpha value is -2.39. The summed E-state index contributed by atoms with van der Waals surface area (Å²) in [4.78, 5) is 26.3. The Balaban J connectivity index is 1.54. The number of furan rings is 1. The van der Waals surface area contributed by atoms with Gasteiger partial charge in [0.05, 0.1) is 0 Å². The number of likely N-dealkylation sites (tertiary alicyclic amines) is 1. The molecule has 1 aromatic carbocycles. The average Bonchev–Trinajstić information content (AvgIpc) is 3.29. The first kappa shape index (κ1) is 19.9. The first-order valence-corrected chi connectivity index (χ1v) is 11.3. The second-order valence-electron chi connectivity index (χ2n) is 7.05. The van der Waals surface area contributed by atoms with Crippen molar-refractivity contribution in [2.75, 3.05) is 13.1 Å². The lowest BCUT2D eigenvalue weighted by Crippen LogP contribution is -2.46. The lowest BCUT2D eigenvalue weighted by Gasteiger charge is -2.31.